The number of benzene rings is 1. The minimum Gasteiger partial charge on any atom is -0.454 e. The average Bonchev–Trinajstić information content (AvgIpc) is 3.43. The number of hydrogen-bond donors (Lipinski definition) is 2. The molecule has 0 radical (unpaired) electrons. The van der Waals surface area contributed by atoms with Crippen LogP contribution in [0.3, 0.4) is 0 Å². The van der Waals surface area contributed by atoms with Gasteiger partial charge in [0.2, 0.25) is 24.5 Å². The lowest BCUT2D eigenvalue weighted by Crippen LogP contribution is -2.54. The molecular weight excluding hydrogens is 410 g/mol. The maximum absolute atomic E-state index is 13.1. The fourth-order valence-corrected chi connectivity index (χ4v) is 4.70. The number of carbonyl (C=O) groups excluding carboxylic acids is 3. The third kappa shape index (κ3) is 4.84. The van der Waals surface area contributed by atoms with Crippen molar-refractivity contribution in [1.29, 1.82) is 0 Å². The van der Waals surface area contributed by atoms with Crippen molar-refractivity contribution in [3.63, 3.8) is 0 Å². The molecule has 3 atom stereocenters. The highest BCUT2D eigenvalue weighted by atomic mass is 16.7. The van der Waals surface area contributed by atoms with Crippen LogP contribution < -0.4 is 25.0 Å². The van der Waals surface area contributed by atoms with E-state index in [1.54, 1.807) is 23.1 Å². The molecule has 2 aliphatic heterocycles. The van der Waals surface area contributed by atoms with Gasteiger partial charge in [-0.25, -0.2) is 0 Å². The van der Waals surface area contributed by atoms with Crippen molar-refractivity contribution in [3.8, 4) is 11.5 Å². The van der Waals surface area contributed by atoms with E-state index < -0.39 is 12.0 Å². The van der Waals surface area contributed by atoms with Crippen molar-refractivity contribution in [2.75, 3.05) is 18.2 Å². The van der Waals surface area contributed by atoms with Crippen molar-refractivity contribution in [1.82, 2.24) is 10.6 Å². The summed E-state index contributed by atoms with van der Waals surface area (Å²) in [6.45, 7) is 4.43. The Balaban J connectivity index is 1.39. The van der Waals surface area contributed by atoms with Crippen LogP contribution in [0.15, 0.2) is 18.2 Å². The van der Waals surface area contributed by atoms with Gasteiger partial charge in [0.05, 0.1) is 5.92 Å². The molecule has 2 unspecified atom stereocenters. The maximum atomic E-state index is 13.1. The molecule has 1 saturated heterocycles. The Kier molecular flexibility index (Phi) is 6.86. The van der Waals surface area contributed by atoms with E-state index in [0.717, 1.165) is 32.1 Å². The number of anilines is 1. The quantitative estimate of drug-likeness (QED) is 0.675. The number of hydrogen-bond acceptors (Lipinski definition) is 5. The molecule has 8 heteroatoms. The largest absolute Gasteiger partial charge is 0.454 e. The number of carbonyl (C=O) groups is 3. The summed E-state index contributed by atoms with van der Waals surface area (Å²) in [7, 11) is 0. The summed E-state index contributed by atoms with van der Waals surface area (Å²) < 4.78 is 10.7. The first-order valence-corrected chi connectivity index (χ1v) is 11.8. The third-order valence-electron chi connectivity index (χ3n) is 6.91. The zero-order valence-corrected chi connectivity index (χ0v) is 18.9. The van der Waals surface area contributed by atoms with Crippen LogP contribution in [0.2, 0.25) is 0 Å². The van der Waals surface area contributed by atoms with Crippen LogP contribution >= 0.6 is 0 Å². The molecule has 4 rings (SSSR count). The Labute approximate surface area is 189 Å². The zero-order valence-electron chi connectivity index (χ0n) is 18.9. The van der Waals surface area contributed by atoms with E-state index in [1.165, 1.54) is 6.42 Å². The Hall–Kier alpha value is -2.77. The molecule has 0 spiro atoms. The number of nitrogens with one attached hydrogen (secondary N) is 2. The fourth-order valence-electron chi connectivity index (χ4n) is 4.70. The van der Waals surface area contributed by atoms with Crippen molar-refractivity contribution in [2.45, 2.75) is 70.9 Å². The molecule has 2 heterocycles. The summed E-state index contributed by atoms with van der Waals surface area (Å²) in [5.41, 5.74) is 0.683. The molecule has 3 amide bonds. The van der Waals surface area contributed by atoms with E-state index >= 15 is 0 Å². The summed E-state index contributed by atoms with van der Waals surface area (Å²) in [5.74, 6) is 0.277. The van der Waals surface area contributed by atoms with Gasteiger partial charge in [-0.05, 0) is 30.9 Å². The summed E-state index contributed by atoms with van der Waals surface area (Å²) in [5, 5.41) is 6.10. The number of nitrogens with zero attached hydrogens (tertiary/aromatic N) is 1. The second kappa shape index (κ2) is 9.79. The minimum absolute atomic E-state index is 0.00427. The SMILES string of the molecule is CCC(C)[C@@H](NC(=O)C1CC(=O)N(c2ccc3c(c2)OCO3)C1)C(=O)NC1CCCCC1. The Morgan fingerprint density at radius 2 is 1.91 bits per heavy atom. The summed E-state index contributed by atoms with van der Waals surface area (Å²) in [6, 6.07) is 4.93. The first-order chi connectivity index (χ1) is 15.5. The number of ether oxygens (including phenoxy) is 2. The number of amides is 3. The minimum atomic E-state index is -0.593. The zero-order chi connectivity index (χ0) is 22.7. The van der Waals surface area contributed by atoms with Gasteiger partial charge in [0.25, 0.3) is 0 Å². The molecular formula is C24H33N3O5. The highest BCUT2D eigenvalue weighted by Crippen LogP contribution is 2.37. The van der Waals surface area contributed by atoms with Crippen LogP contribution in [-0.2, 0) is 14.4 Å². The Morgan fingerprint density at radius 1 is 1.16 bits per heavy atom. The second-order valence-electron chi connectivity index (χ2n) is 9.16. The first-order valence-electron chi connectivity index (χ1n) is 11.8. The van der Waals surface area contributed by atoms with Crippen LogP contribution in [0, 0.1) is 11.8 Å². The summed E-state index contributed by atoms with van der Waals surface area (Å²) >= 11 is 0. The highest BCUT2D eigenvalue weighted by molar-refractivity contribution is 6.01. The standard InChI is InChI=1S/C24H33N3O5/c1-3-15(2)22(24(30)25-17-7-5-4-6-8-17)26-23(29)16-11-21(28)27(13-16)18-9-10-19-20(12-18)32-14-31-19/h9-10,12,15-17,22H,3-8,11,13-14H2,1-2H3,(H,25,30)(H,26,29)/t15?,16?,22-/m1/s1. The molecule has 1 aromatic carbocycles. The smallest absolute Gasteiger partial charge is 0.243 e. The van der Waals surface area contributed by atoms with E-state index in [0.29, 0.717) is 17.2 Å². The Morgan fingerprint density at radius 3 is 2.66 bits per heavy atom. The van der Waals surface area contributed by atoms with Crippen molar-refractivity contribution in [2.24, 2.45) is 11.8 Å². The van der Waals surface area contributed by atoms with Crippen molar-refractivity contribution < 1.29 is 23.9 Å². The van der Waals surface area contributed by atoms with E-state index in [2.05, 4.69) is 10.6 Å². The van der Waals surface area contributed by atoms with Crippen LogP contribution in [0.25, 0.3) is 0 Å². The molecule has 1 aromatic rings. The van der Waals surface area contributed by atoms with Crippen molar-refractivity contribution in [3.05, 3.63) is 18.2 Å². The van der Waals surface area contributed by atoms with Gasteiger partial charge < -0.3 is 25.0 Å². The molecule has 2 fully saturated rings. The molecule has 8 nitrogen and oxygen atoms in total. The molecule has 1 aliphatic carbocycles. The van der Waals surface area contributed by atoms with Crippen LogP contribution in [0.4, 0.5) is 5.69 Å². The highest BCUT2D eigenvalue weighted by Gasteiger charge is 2.38. The Bertz CT molecular complexity index is 867. The lowest BCUT2D eigenvalue weighted by atomic mass is 9.93. The van der Waals surface area contributed by atoms with E-state index in [1.807, 2.05) is 13.8 Å². The van der Waals surface area contributed by atoms with Crippen LogP contribution in [-0.4, -0.2) is 43.1 Å². The molecule has 174 valence electrons. The van der Waals surface area contributed by atoms with E-state index in [9.17, 15) is 14.4 Å². The van der Waals surface area contributed by atoms with Gasteiger partial charge in [-0.3, -0.25) is 14.4 Å². The van der Waals surface area contributed by atoms with E-state index in [4.69, 9.17) is 9.47 Å². The van der Waals surface area contributed by atoms with Crippen molar-refractivity contribution >= 4 is 23.4 Å². The van der Waals surface area contributed by atoms with Gasteiger partial charge in [0.1, 0.15) is 6.04 Å². The summed E-state index contributed by atoms with van der Waals surface area (Å²) in [6.07, 6.45) is 6.36. The number of fused-ring (bicyclic) bond motifs is 1. The van der Waals surface area contributed by atoms with E-state index in [-0.39, 0.29) is 49.4 Å². The normalized spacial score (nSPS) is 22.5. The first kappa shape index (κ1) is 22.4. The van der Waals surface area contributed by atoms with Gasteiger partial charge in [-0.1, -0.05) is 39.5 Å². The molecule has 0 bridgehead atoms. The maximum Gasteiger partial charge on any atom is 0.243 e. The van der Waals surface area contributed by atoms with Gasteiger partial charge >= 0.3 is 0 Å². The molecule has 1 saturated carbocycles. The lowest BCUT2D eigenvalue weighted by Gasteiger charge is -2.29. The predicted octanol–water partition coefficient (Wildman–Crippen LogP) is 2.75. The topological polar surface area (TPSA) is 97.0 Å². The van der Waals surface area contributed by atoms with Gasteiger partial charge in [-0.2, -0.15) is 0 Å². The lowest BCUT2D eigenvalue weighted by molar-refractivity contribution is -0.132. The van der Waals surface area contributed by atoms with Gasteiger partial charge in [0, 0.05) is 30.8 Å². The van der Waals surface area contributed by atoms with Gasteiger partial charge in [0.15, 0.2) is 11.5 Å². The molecule has 0 aromatic heterocycles. The van der Waals surface area contributed by atoms with Gasteiger partial charge in [-0.15, -0.1) is 0 Å². The molecule has 2 N–H and O–H groups in total. The fraction of sp³-hybridized carbons (Fsp3) is 0.625. The monoisotopic (exact) mass is 443 g/mol. The van der Waals surface area contributed by atoms with Crippen LogP contribution in [0.5, 0.6) is 11.5 Å². The number of rotatable bonds is 7. The third-order valence-corrected chi connectivity index (χ3v) is 6.91. The average molecular weight is 444 g/mol. The summed E-state index contributed by atoms with van der Waals surface area (Å²) in [4.78, 5) is 40.3. The van der Waals surface area contributed by atoms with Crippen LogP contribution in [0.1, 0.15) is 58.8 Å². The second-order valence-corrected chi connectivity index (χ2v) is 9.16. The predicted molar refractivity (Wildman–Crippen MR) is 119 cm³/mol. The molecule has 3 aliphatic rings. The molecule has 32 heavy (non-hydrogen) atoms.